The van der Waals surface area contributed by atoms with E-state index in [0.717, 1.165) is 18.4 Å². The van der Waals surface area contributed by atoms with E-state index in [1.807, 2.05) is 6.92 Å². The van der Waals surface area contributed by atoms with E-state index in [-0.39, 0.29) is 5.82 Å². The summed E-state index contributed by atoms with van der Waals surface area (Å²) in [5.74, 6) is 0.487. The summed E-state index contributed by atoms with van der Waals surface area (Å²) < 4.78 is 18.7. The van der Waals surface area contributed by atoms with Gasteiger partial charge in [-0.2, -0.15) is 0 Å². The highest BCUT2D eigenvalue weighted by Crippen LogP contribution is 2.46. The highest BCUT2D eigenvalue weighted by atomic mass is 19.1. The Hall–Kier alpha value is -1.09. The predicted molar refractivity (Wildman–Crippen MR) is 52.8 cm³/mol. The van der Waals surface area contributed by atoms with Crippen molar-refractivity contribution < 1.29 is 9.13 Å². The van der Waals surface area contributed by atoms with Gasteiger partial charge in [-0.15, -0.1) is 0 Å². The van der Waals surface area contributed by atoms with Crippen molar-refractivity contribution >= 4 is 0 Å². The maximum absolute atomic E-state index is 13.6. The molecule has 0 aliphatic heterocycles. The molecule has 3 heteroatoms. The van der Waals surface area contributed by atoms with Gasteiger partial charge in [-0.25, -0.2) is 4.39 Å². The van der Waals surface area contributed by atoms with Gasteiger partial charge in [-0.1, -0.05) is 0 Å². The van der Waals surface area contributed by atoms with Crippen LogP contribution in [0.5, 0.6) is 5.75 Å². The molecule has 76 valence electrons. The third-order valence-electron chi connectivity index (χ3n) is 2.87. The highest BCUT2D eigenvalue weighted by molar-refractivity contribution is 5.45. The minimum absolute atomic E-state index is 0.219. The first-order valence-electron chi connectivity index (χ1n) is 4.71. The molecule has 0 amide bonds. The van der Waals surface area contributed by atoms with Gasteiger partial charge in [0, 0.05) is 11.1 Å². The quantitative estimate of drug-likeness (QED) is 0.784. The van der Waals surface area contributed by atoms with E-state index in [0.29, 0.717) is 11.3 Å². The van der Waals surface area contributed by atoms with Gasteiger partial charge in [0.1, 0.15) is 11.6 Å². The molecule has 0 aromatic heterocycles. The minimum Gasteiger partial charge on any atom is -0.496 e. The Morgan fingerprint density at radius 1 is 1.43 bits per heavy atom. The summed E-state index contributed by atoms with van der Waals surface area (Å²) in [6.45, 7) is 1.85. The Balaban J connectivity index is 2.56. The summed E-state index contributed by atoms with van der Waals surface area (Å²) in [5.41, 5.74) is 7.00. The molecular weight excluding hydrogens is 181 g/mol. The highest BCUT2D eigenvalue weighted by Gasteiger charge is 2.43. The van der Waals surface area contributed by atoms with Gasteiger partial charge in [-0.05, 0) is 37.5 Å². The van der Waals surface area contributed by atoms with Crippen molar-refractivity contribution in [3.05, 3.63) is 29.1 Å². The van der Waals surface area contributed by atoms with Crippen molar-refractivity contribution in [1.29, 1.82) is 0 Å². The van der Waals surface area contributed by atoms with Crippen molar-refractivity contribution in [2.24, 2.45) is 5.73 Å². The molecule has 0 unspecified atom stereocenters. The van der Waals surface area contributed by atoms with E-state index in [1.54, 1.807) is 13.2 Å². The van der Waals surface area contributed by atoms with Crippen LogP contribution in [-0.2, 0) is 5.54 Å². The maximum atomic E-state index is 13.6. The van der Waals surface area contributed by atoms with Crippen LogP contribution in [0.25, 0.3) is 0 Å². The molecule has 1 aromatic carbocycles. The summed E-state index contributed by atoms with van der Waals surface area (Å²) in [4.78, 5) is 0. The summed E-state index contributed by atoms with van der Waals surface area (Å²) in [7, 11) is 1.58. The lowest BCUT2D eigenvalue weighted by atomic mass is 9.98. The summed E-state index contributed by atoms with van der Waals surface area (Å²) in [5, 5.41) is 0. The fraction of sp³-hybridized carbons (Fsp3) is 0.455. The molecule has 2 nitrogen and oxygen atoms in total. The zero-order valence-corrected chi connectivity index (χ0v) is 8.43. The molecule has 0 radical (unpaired) electrons. The Labute approximate surface area is 82.9 Å². The number of methoxy groups -OCH3 is 1. The van der Waals surface area contributed by atoms with Gasteiger partial charge in [-0.3, -0.25) is 0 Å². The van der Waals surface area contributed by atoms with Gasteiger partial charge in [0.25, 0.3) is 0 Å². The van der Waals surface area contributed by atoms with Crippen LogP contribution in [0.3, 0.4) is 0 Å². The topological polar surface area (TPSA) is 35.2 Å². The second-order valence-corrected chi connectivity index (χ2v) is 3.91. The SMILES string of the molecule is COc1ccc(F)c(C2(N)CC2)c1C. The summed E-state index contributed by atoms with van der Waals surface area (Å²) >= 11 is 0. The summed E-state index contributed by atoms with van der Waals surface area (Å²) in [6, 6.07) is 3.06. The Bertz CT molecular complexity index is 372. The average Bonchev–Trinajstić information content (AvgIpc) is 2.85. The number of hydrogen-bond acceptors (Lipinski definition) is 2. The van der Waals surface area contributed by atoms with Gasteiger partial charge >= 0.3 is 0 Å². The smallest absolute Gasteiger partial charge is 0.128 e. The maximum Gasteiger partial charge on any atom is 0.128 e. The van der Waals surface area contributed by atoms with Crippen LogP contribution >= 0.6 is 0 Å². The van der Waals surface area contributed by atoms with Gasteiger partial charge in [0.15, 0.2) is 0 Å². The molecule has 1 saturated carbocycles. The second kappa shape index (κ2) is 2.95. The van der Waals surface area contributed by atoms with E-state index in [4.69, 9.17) is 10.5 Å². The van der Waals surface area contributed by atoms with Gasteiger partial charge < -0.3 is 10.5 Å². The zero-order chi connectivity index (χ0) is 10.3. The van der Waals surface area contributed by atoms with Crippen LogP contribution in [0, 0.1) is 12.7 Å². The molecule has 14 heavy (non-hydrogen) atoms. The van der Waals surface area contributed by atoms with Crippen LogP contribution in [0.2, 0.25) is 0 Å². The van der Waals surface area contributed by atoms with Crippen LogP contribution in [-0.4, -0.2) is 7.11 Å². The lowest BCUT2D eigenvalue weighted by Gasteiger charge is -2.16. The fourth-order valence-corrected chi connectivity index (χ4v) is 1.88. The van der Waals surface area contributed by atoms with Gasteiger partial charge in [0.2, 0.25) is 0 Å². The molecular formula is C11H14FNO. The third-order valence-corrected chi connectivity index (χ3v) is 2.87. The second-order valence-electron chi connectivity index (χ2n) is 3.91. The largest absolute Gasteiger partial charge is 0.496 e. The van der Waals surface area contributed by atoms with Crippen molar-refractivity contribution in [2.45, 2.75) is 25.3 Å². The lowest BCUT2D eigenvalue weighted by Crippen LogP contribution is -2.22. The number of nitrogens with two attached hydrogens (primary N) is 1. The molecule has 0 saturated heterocycles. The molecule has 0 bridgehead atoms. The van der Waals surface area contributed by atoms with Crippen molar-refractivity contribution in [3.8, 4) is 5.75 Å². The number of hydrogen-bond donors (Lipinski definition) is 1. The molecule has 1 aromatic rings. The van der Waals surface area contributed by atoms with E-state index >= 15 is 0 Å². The molecule has 1 fully saturated rings. The number of rotatable bonds is 2. The van der Waals surface area contributed by atoms with Crippen molar-refractivity contribution in [3.63, 3.8) is 0 Å². The predicted octanol–water partition coefficient (Wildman–Crippen LogP) is 2.09. The van der Waals surface area contributed by atoms with Crippen LogP contribution in [0.4, 0.5) is 4.39 Å². The number of halogens is 1. The van der Waals surface area contributed by atoms with Crippen LogP contribution < -0.4 is 10.5 Å². The van der Waals surface area contributed by atoms with Crippen LogP contribution in [0.1, 0.15) is 24.0 Å². The number of benzene rings is 1. The third kappa shape index (κ3) is 1.28. The Morgan fingerprint density at radius 3 is 2.57 bits per heavy atom. The molecule has 0 spiro atoms. The first-order valence-corrected chi connectivity index (χ1v) is 4.71. The molecule has 1 aliphatic carbocycles. The van der Waals surface area contributed by atoms with E-state index in [2.05, 4.69) is 0 Å². The first kappa shape index (κ1) is 9.46. The first-order chi connectivity index (χ1) is 6.58. The zero-order valence-electron chi connectivity index (χ0n) is 8.43. The van der Waals surface area contributed by atoms with E-state index in [9.17, 15) is 4.39 Å². The molecule has 0 atom stereocenters. The van der Waals surface area contributed by atoms with Crippen molar-refractivity contribution in [1.82, 2.24) is 0 Å². The average molecular weight is 195 g/mol. The number of ether oxygens (including phenoxy) is 1. The van der Waals surface area contributed by atoms with Gasteiger partial charge in [0.05, 0.1) is 7.11 Å². The van der Waals surface area contributed by atoms with E-state index in [1.165, 1.54) is 6.07 Å². The normalized spacial score (nSPS) is 18.0. The molecule has 1 aliphatic rings. The Kier molecular flexibility index (Phi) is 2.00. The standard InChI is InChI=1S/C11H14FNO/c1-7-9(14-2)4-3-8(12)10(7)11(13)5-6-11/h3-4H,5-6,13H2,1-2H3. The van der Waals surface area contributed by atoms with E-state index < -0.39 is 5.54 Å². The lowest BCUT2D eigenvalue weighted by molar-refractivity contribution is 0.408. The molecule has 2 N–H and O–H groups in total. The minimum atomic E-state index is -0.442. The molecule has 2 rings (SSSR count). The monoisotopic (exact) mass is 195 g/mol. The fourth-order valence-electron chi connectivity index (χ4n) is 1.88. The Morgan fingerprint density at radius 2 is 2.07 bits per heavy atom. The van der Waals surface area contributed by atoms with Crippen molar-refractivity contribution in [2.75, 3.05) is 7.11 Å². The molecule has 0 heterocycles. The summed E-state index contributed by atoms with van der Waals surface area (Å²) in [6.07, 6.45) is 1.72. The van der Waals surface area contributed by atoms with Crippen LogP contribution in [0.15, 0.2) is 12.1 Å².